The standard InChI is InChI=1S/C9H19N3/c1-4-12(5-2)7-6-9(3)11-8-10/h9-10H,4-7H2,1-3H3. The minimum absolute atomic E-state index is 0.239. The zero-order valence-corrected chi connectivity index (χ0v) is 8.30. The molecule has 0 bridgehead atoms. The van der Waals surface area contributed by atoms with Gasteiger partial charge >= 0.3 is 0 Å². The monoisotopic (exact) mass is 169 g/mol. The van der Waals surface area contributed by atoms with Gasteiger partial charge in [0.25, 0.3) is 0 Å². The molecule has 0 radical (unpaired) electrons. The summed E-state index contributed by atoms with van der Waals surface area (Å²) < 4.78 is 0. The number of aliphatic imine (C=N–C) groups is 1. The number of nitrogens with zero attached hydrogens (tertiary/aromatic N) is 2. The van der Waals surface area contributed by atoms with Gasteiger partial charge in [-0.2, -0.15) is 0 Å². The van der Waals surface area contributed by atoms with Crippen molar-refractivity contribution in [2.75, 3.05) is 19.6 Å². The van der Waals surface area contributed by atoms with Crippen LogP contribution < -0.4 is 0 Å². The highest BCUT2D eigenvalue weighted by Gasteiger charge is 2.02. The molecule has 3 nitrogen and oxygen atoms in total. The van der Waals surface area contributed by atoms with E-state index in [1.807, 2.05) is 6.92 Å². The average Bonchev–Trinajstić information content (AvgIpc) is 2.07. The summed E-state index contributed by atoms with van der Waals surface area (Å²) in [5.41, 5.74) is 0. The predicted octanol–water partition coefficient (Wildman–Crippen LogP) is 1.86. The van der Waals surface area contributed by atoms with Gasteiger partial charge in [-0.05, 0) is 26.4 Å². The Morgan fingerprint density at radius 2 is 2.00 bits per heavy atom. The van der Waals surface area contributed by atoms with Crippen molar-refractivity contribution in [3.05, 3.63) is 0 Å². The van der Waals surface area contributed by atoms with E-state index < -0.39 is 0 Å². The van der Waals surface area contributed by atoms with Gasteiger partial charge in [0.1, 0.15) is 0 Å². The van der Waals surface area contributed by atoms with Crippen LogP contribution in [0.5, 0.6) is 0 Å². The Kier molecular flexibility index (Phi) is 6.63. The molecule has 0 saturated heterocycles. The molecule has 0 heterocycles. The number of rotatable bonds is 6. The van der Waals surface area contributed by atoms with E-state index in [-0.39, 0.29) is 6.04 Å². The lowest BCUT2D eigenvalue weighted by Gasteiger charge is -2.18. The largest absolute Gasteiger partial charge is 0.304 e. The zero-order valence-electron chi connectivity index (χ0n) is 8.30. The van der Waals surface area contributed by atoms with E-state index in [1.54, 1.807) is 0 Å². The maximum atomic E-state index is 6.68. The van der Waals surface area contributed by atoms with Crippen molar-refractivity contribution < 1.29 is 0 Å². The van der Waals surface area contributed by atoms with Crippen LogP contribution in [-0.4, -0.2) is 36.6 Å². The van der Waals surface area contributed by atoms with E-state index >= 15 is 0 Å². The molecule has 1 unspecified atom stereocenters. The van der Waals surface area contributed by atoms with E-state index in [0.29, 0.717) is 0 Å². The summed E-state index contributed by atoms with van der Waals surface area (Å²) in [6, 6.07) is 2.32. The van der Waals surface area contributed by atoms with Gasteiger partial charge in [-0.1, -0.05) is 13.8 Å². The smallest absolute Gasteiger partial charge is 0.0864 e. The molecule has 0 aromatic carbocycles. The van der Waals surface area contributed by atoms with Gasteiger partial charge in [0, 0.05) is 6.54 Å². The number of hydrogen-bond acceptors (Lipinski definition) is 3. The molecule has 0 amide bonds. The van der Waals surface area contributed by atoms with Crippen molar-refractivity contribution >= 4 is 6.01 Å². The molecule has 0 saturated carbocycles. The van der Waals surface area contributed by atoms with Crippen molar-refractivity contribution in [1.82, 2.24) is 4.90 Å². The lowest BCUT2D eigenvalue weighted by Crippen LogP contribution is -2.25. The van der Waals surface area contributed by atoms with E-state index in [9.17, 15) is 0 Å². The Labute approximate surface area is 75.0 Å². The number of hydrogen-bond donors (Lipinski definition) is 1. The van der Waals surface area contributed by atoms with Crippen LogP contribution in [0, 0.1) is 5.41 Å². The Morgan fingerprint density at radius 3 is 2.42 bits per heavy atom. The zero-order chi connectivity index (χ0) is 9.40. The lowest BCUT2D eigenvalue weighted by atomic mass is 10.2. The van der Waals surface area contributed by atoms with E-state index in [0.717, 1.165) is 26.1 Å². The van der Waals surface area contributed by atoms with Gasteiger partial charge in [0.2, 0.25) is 0 Å². The maximum Gasteiger partial charge on any atom is 0.0864 e. The third-order valence-electron chi connectivity index (χ3n) is 2.04. The van der Waals surface area contributed by atoms with Crippen LogP contribution in [0.25, 0.3) is 0 Å². The highest BCUT2D eigenvalue weighted by Crippen LogP contribution is 1.98. The second kappa shape index (κ2) is 7.01. The molecule has 0 spiro atoms. The number of nitrogens with one attached hydrogen (secondary N) is 1. The van der Waals surface area contributed by atoms with E-state index in [1.165, 1.54) is 0 Å². The van der Waals surface area contributed by atoms with Crippen LogP contribution in [0.2, 0.25) is 0 Å². The Hall–Kier alpha value is -0.660. The van der Waals surface area contributed by atoms with Crippen molar-refractivity contribution in [1.29, 1.82) is 5.41 Å². The van der Waals surface area contributed by atoms with Gasteiger partial charge in [0.15, 0.2) is 0 Å². The van der Waals surface area contributed by atoms with Crippen molar-refractivity contribution in [3.8, 4) is 0 Å². The SMILES string of the molecule is CCN(CC)CCC(C)N=C=N. The first-order valence-electron chi connectivity index (χ1n) is 4.58. The summed E-state index contributed by atoms with van der Waals surface area (Å²) in [7, 11) is 0. The highest BCUT2D eigenvalue weighted by molar-refractivity contribution is 5.36. The van der Waals surface area contributed by atoms with Crippen LogP contribution in [0.15, 0.2) is 4.99 Å². The normalized spacial score (nSPS) is 12.7. The second-order valence-electron chi connectivity index (χ2n) is 2.91. The topological polar surface area (TPSA) is 39.5 Å². The second-order valence-corrected chi connectivity index (χ2v) is 2.91. The van der Waals surface area contributed by atoms with Crippen LogP contribution in [0.4, 0.5) is 0 Å². The molecule has 0 aromatic heterocycles. The first-order chi connectivity index (χ1) is 5.74. The average molecular weight is 169 g/mol. The molecule has 3 heteroatoms. The van der Waals surface area contributed by atoms with Gasteiger partial charge in [-0.15, -0.1) is 0 Å². The molecular weight excluding hydrogens is 150 g/mol. The maximum absolute atomic E-state index is 6.68. The van der Waals surface area contributed by atoms with E-state index in [2.05, 4.69) is 29.7 Å². The molecule has 70 valence electrons. The fraction of sp³-hybridized carbons (Fsp3) is 0.889. The van der Waals surface area contributed by atoms with Crippen LogP contribution >= 0.6 is 0 Å². The molecule has 0 aliphatic carbocycles. The molecule has 0 aliphatic rings. The third kappa shape index (κ3) is 5.05. The predicted molar refractivity (Wildman–Crippen MR) is 52.0 cm³/mol. The molecule has 1 atom stereocenters. The first-order valence-corrected chi connectivity index (χ1v) is 4.58. The molecule has 0 aromatic rings. The lowest BCUT2D eigenvalue weighted by molar-refractivity contribution is 0.293. The summed E-state index contributed by atoms with van der Waals surface area (Å²) in [6.07, 6.45) is 1.02. The van der Waals surface area contributed by atoms with Gasteiger partial charge < -0.3 is 4.90 Å². The van der Waals surface area contributed by atoms with E-state index in [4.69, 9.17) is 5.41 Å². The Bertz CT molecular complexity index is 146. The van der Waals surface area contributed by atoms with Crippen LogP contribution in [0.3, 0.4) is 0 Å². The van der Waals surface area contributed by atoms with Gasteiger partial charge in [0.05, 0.1) is 12.1 Å². The van der Waals surface area contributed by atoms with Crippen molar-refractivity contribution in [3.63, 3.8) is 0 Å². The molecule has 0 rings (SSSR count). The Balaban J connectivity index is 3.57. The van der Waals surface area contributed by atoms with Crippen molar-refractivity contribution in [2.45, 2.75) is 33.2 Å². The molecule has 0 aliphatic heterocycles. The van der Waals surface area contributed by atoms with Crippen molar-refractivity contribution in [2.24, 2.45) is 4.99 Å². The first kappa shape index (κ1) is 11.3. The minimum Gasteiger partial charge on any atom is -0.304 e. The van der Waals surface area contributed by atoms with Gasteiger partial charge in [-0.3, -0.25) is 0 Å². The molecular formula is C9H19N3. The minimum atomic E-state index is 0.239. The quantitative estimate of drug-likeness (QED) is 0.606. The van der Waals surface area contributed by atoms with Crippen LogP contribution in [0.1, 0.15) is 27.2 Å². The fourth-order valence-electron chi connectivity index (χ4n) is 1.08. The molecule has 1 N–H and O–H groups in total. The fourth-order valence-corrected chi connectivity index (χ4v) is 1.08. The highest BCUT2D eigenvalue weighted by atomic mass is 15.1. The summed E-state index contributed by atoms with van der Waals surface area (Å²) >= 11 is 0. The summed E-state index contributed by atoms with van der Waals surface area (Å²) in [6.45, 7) is 9.60. The third-order valence-corrected chi connectivity index (χ3v) is 2.04. The summed E-state index contributed by atoms with van der Waals surface area (Å²) in [4.78, 5) is 6.21. The summed E-state index contributed by atoms with van der Waals surface area (Å²) in [5, 5.41) is 6.68. The molecule has 12 heavy (non-hydrogen) atoms. The summed E-state index contributed by atoms with van der Waals surface area (Å²) in [5.74, 6) is 0. The van der Waals surface area contributed by atoms with Gasteiger partial charge in [-0.25, -0.2) is 10.4 Å². The molecule has 0 fully saturated rings. The van der Waals surface area contributed by atoms with Crippen LogP contribution in [-0.2, 0) is 0 Å². The Morgan fingerprint density at radius 1 is 1.42 bits per heavy atom.